The molecule has 274 valence electrons. The number of hydrogen-bond donors (Lipinski definition) is 0. The SMILES string of the molecule is c1ccc(-n2c3ccccc3c3ccccc32)c(-c2cc(-c3c(C4CCCCC4)cccc3C3CCCCC3)nc(-n3c4ccccc4c4ccccc43)n2)c1. The Balaban J connectivity index is 1.23. The van der Waals surface area contributed by atoms with Crippen LogP contribution in [0, 0.1) is 0 Å². The maximum atomic E-state index is 5.72. The minimum Gasteiger partial charge on any atom is -0.309 e. The number of fused-ring (bicyclic) bond motifs is 6. The molecule has 4 nitrogen and oxygen atoms in total. The Morgan fingerprint density at radius 2 is 0.821 bits per heavy atom. The molecule has 9 aromatic rings. The first-order valence-corrected chi connectivity index (χ1v) is 20.9. The van der Waals surface area contributed by atoms with E-state index >= 15 is 0 Å². The van der Waals surface area contributed by atoms with E-state index in [1.54, 1.807) is 0 Å². The van der Waals surface area contributed by atoms with E-state index in [9.17, 15) is 0 Å². The molecule has 2 fully saturated rings. The molecule has 0 unspecified atom stereocenters. The average molecular weight is 727 g/mol. The van der Waals surface area contributed by atoms with Crippen molar-refractivity contribution in [2.24, 2.45) is 0 Å². The Bertz CT molecular complexity index is 2760. The normalized spacial score (nSPS) is 15.7. The molecule has 0 amide bonds. The molecule has 3 heterocycles. The zero-order valence-corrected chi connectivity index (χ0v) is 31.9. The molecule has 2 saturated carbocycles. The van der Waals surface area contributed by atoms with Gasteiger partial charge in [-0.3, -0.25) is 4.57 Å². The van der Waals surface area contributed by atoms with E-state index in [1.165, 1.54) is 113 Å². The zero-order valence-electron chi connectivity index (χ0n) is 31.9. The fourth-order valence-corrected chi connectivity index (χ4v) is 10.4. The maximum absolute atomic E-state index is 5.72. The van der Waals surface area contributed by atoms with Crippen molar-refractivity contribution in [1.29, 1.82) is 0 Å². The number of aromatic nitrogens is 4. The van der Waals surface area contributed by atoms with E-state index in [2.05, 4.69) is 155 Å². The van der Waals surface area contributed by atoms with Gasteiger partial charge in [-0.15, -0.1) is 0 Å². The lowest BCUT2D eigenvalue weighted by molar-refractivity contribution is 0.436. The van der Waals surface area contributed by atoms with Gasteiger partial charge in [0.05, 0.1) is 39.1 Å². The lowest BCUT2D eigenvalue weighted by Crippen LogP contribution is -2.13. The van der Waals surface area contributed by atoms with Gasteiger partial charge < -0.3 is 4.57 Å². The van der Waals surface area contributed by atoms with Crippen LogP contribution in [0.25, 0.3) is 77.8 Å². The highest BCUT2D eigenvalue weighted by Gasteiger charge is 2.28. The summed E-state index contributed by atoms with van der Waals surface area (Å²) in [5.41, 5.74) is 13.2. The Kier molecular flexibility index (Phi) is 8.30. The summed E-state index contributed by atoms with van der Waals surface area (Å²) in [5, 5.41) is 4.95. The minimum absolute atomic E-state index is 0.544. The minimum atomic E-state index is 0.544. The van der Waals surface area contributed by atoms with Crippen LogP contribution in [0.3, 0.4) is 0 Å². The van der Waals surface area contributed by atoms with Crippen molar-refractivity contribution < 1.29 is 0 Å². The van der Waals surface area contributed by atoms with Crippen LogP contribution in [0.1, 0.15) is 87.2 Å². The molecule has 56 heavy (non-hydrogen) atoms. The molecule has 0 spiro atoms. The first kappa shape index (κ1) is 33.3. The molecule has 2 aliphatic rings. The standard InChI is InChI=1S/C52H46N4/c1-3-18-35(19-4-1)37-27-17-28-38(36-20-5-2-6-21-36)51(37)45-34-44(53-52(54-45)56-48-31-14-9-24-41(48)42-25-10-15-32-49(42)56)43-26-11-16-33-50(43)55-46-29-12-7-22-39(46)40-23-8-13-30-47(40)55/h7-17,22-36H,1-6,18-21H2. The van der Waals surface area contributed by atoms with Gasteiger partial charge in [0.15, 0.2) is 0 Å². The first-order chi connectivity index (χ1) is 27.8. The molecule has 2 aliphatic carbocycles. The number of hydrogen-bond acceptors (Lipinski definition) is 2. The second-order valence-corrected chi connectivity index (χ2v) is 16.2. The fraction of sp³-hybridized carbons (Fsp3) is 0.231. The van der Waals surface area contributed by atoms with Crippen molar-refractivity contribution in [2.45, 2.75) is 76.0 Å². The van der Waals surface area contributed by atoms with Crippen LogP contribution in [0.15, 0.2) is 146 Å². The third-order valence-corrected chi connectivity index (χ3v) is 13.0. The summed E-state index contributed by atoms with van der Waals surface area (Å²) >= 11 is 0. The summed E-state index contributed by atoms with van der Waals surface area (Å²) in [7, 11) is 0. The van der Waals surface area contributed by atoms with Crippen LogP contribution < -0.4 is 0 Å². The Labute approximate surface area is 328 Å². The van der Waals surface area contributed by atoms with Gasteiger partial charge in [0.1, 0.15) is 0 Å². The van der Waals surface area contributed by atoms with Crippen molar-refractivity contribution in [3.05, 3.63) is 157 Å². The van der Waals surface area contributed by atoms with Crippen LogP contribution in [-0.4, -0.2) is 19.1 Å². The van der Waals surface area contributed by atoms with Gasteiger partial charge in [-0.1, -0.05) is 148 Å². The molecule has 0 atom stereocenters. The van der Waals surface area contributed by atoms with Crippen LogP contribution in [-0.2, 0) is 0 Å². The van der Waals surface area contributed by atoms with E-state index in [0.717, 1.165) is 39.6 Å². The van der Waals surface area contributed by atoms with Gasteiger partial charge in [-0.05, 0) is 85.0 Å². The summed E-state index contributed by atoms with van der Waals surface area (Å²) in [6, 6.07) is 53.5. The predicted octanol–water partition coefficient (Wildman–Crippen LogP) is 14.1. The summed E-state index contributed by atoms with van der Waals surface area (Å²) in [6.45, 7) is 0. The summed E-state index contributed by atoms with van der Waals surface area (Å²) in [5.74, 6) is 1.81. The summed E-state index contributed by atoms with van der Waals surface area (Å²) < 4.78 is 4.75. The molecule has 0 bridgehead atoms. The highest BCUT2D eigenvalue weighted by atomic mass is 15.2. The van der Waals surface area contributed by atoms with E-state index < -0.39 is 0 Å². The Morgan fingerprint density at radius 3 is 1.34 bits per heavy atom. The predicted molar refractivity (Wildman–Crippen MR) is 233 cm³/mol. The smallest absolute Gasteiger partial charge is 0.235 e. The maximum Gasteiger partial charge on any atom is 0.235 e. The fourth-order valence-electron chi connectivity index (χ4n) is 10.4. The van der Waals surface area contributed by atoms with E-state index in [4.69, 9.17) is 9.97 Å². The third kappa shape index (κ3) is 5.49. The molecule has 0 radical (unpaired) electrons. The third-order valence-electron chi connectivity index (χ3n) is 13.0. The van der Waals surface area contributed by atoms with Gasteiger partial charge in [0, 0.05) is 32.7 Å². The lowest BCUT2D eigenvalue weighted by atomic mass is 9.76. The van der Waals surface area contributed by atoms with Crippen molar-refractivity contribution in [2.75, 3.05) is 0 Å². The van der Waals surface area contributed by atoms with Gasteiger partial charge in [0.2, 0.25) is 5.95 Å². The van der Waals surface area contributed by atoms with E-state index in [1.807, 2.05) is 0 Å². The monoisotopic (exact) mass is 726 g/mol. The van der Waals surface area contributed by atoms with Crippen molar-refractivity contribution >= 4 is 43.6 Å². The zero-order chi connectivity index (χ0) is 37.0. The van der Waals surface area contributed by atoms with Crippen molar-refractivity contribution in [1.82, 2.24) is 19.1 Å². The van der Waals surface area contributed by atoms with Crippen molar-refractivity contribution in [3.8, 4) is 34.2 Å². The van der Waals surface area contributed by atoms with Gasteiger partial charge in [-0.25, -0.2) is 9.97 Å². The van der Waals surface area contributed by atoms with Crippen molar-refractivity contribution in [3.63, 3.8) is 0 Å². The molecule has 4 heteroatoms. The quantitative estimate of drug-likeness (QED) is 0.171. The molecular formula is C52H46N4. The summed E-state index contributed by atoms with van der Waals surface area (Å²) in [6.07, 6.45) is 12.8. The molecule has 0 saturated heterocycles. The van der Waals surface area contributed by atoms with Gasteiger partial charge in [0.25, 0.3) is 0 Å². The number of rotatable bonds is 6. The van der Waals surface area contributed by atoms with Crippen LogP contribution >= 0.6 is 0 Å². The highest BCUT2D eigenvalue weighted by Crippen LogP contribution is 2.46. The second kappa shape index (κ2) is 13.9. The average Bonchev–Trinajstić information content (AvgIpc) is 3.80. The second-order valence-electron chi connectivity index (χ2n) is 16.2. The molecule has 0 N–H and O–H groups in total. The van der Waals surface area contributed by atoms with Crippen LogP contribution in [0.4, 0.5) is 0 Å². The van der Waals surface area contributed by atoms with E-state index in [-0.39, 0.29) is 0 Å². The topological polar surface area (TPSA) is 35.6 Å². The van der Waals surface area contributed by atoms with Crippen LogP contribution in [0.5, 0.6) is 0 Å². The highest BCUT2D eigenvalue weighted by molar-refractivity contribution is 6.10. The van der Waals surface area contributed by atoms with Gasteiger partial charge >= 0.3 is 0 Å². The molecule has 0 aliphatic heterocycles. The van der Waals surface area contributed by atoms with Crippen LogP contribution in [0.2, 0.25) is 0 Å². The lowest BCUT2D eigenvalue weighted by Gasteiger charge is -2.30. The first-order valence-electron chi connectivity index (χ1n) is 20.9. The van der Waals surface area contributed by atoms with Gasteiger partial charge in [-0.2, -0.15) is 0 Å². The molecular weight excluding hydrogens is 681 g/mol. The molecule has 3 aromatic heterocycles. The molecule has 11 rings (SSSR count). The largest absolute Gasteiger partial charge is 0.309 e. The Hall–Kier alpha value is -6.00. The summed E-state index contributed by atoms with van der Waals surface area (Å²) in [4.78, 5) is 11.3. The number of nitrogens with zero attached hydrogens (tertiary/aromatic N) is 4. The molecule has 6 aromatic carbocycles. The number of para-hydroxylation sites is 5. The van der Waals surface area contributed by atoms with E-state index in [0.29, 0.717) is 11.8 Å². The Morgan fingerprint density at radius 1 is 0.393 bits per heavy atom. The number of benzene rings is 6.